The first-order chi connectivity index (χ1) is 13.9. The van der Waals surface area contributed by atoms with Gasteiger partial charge < -0.3 is 10.6 Å². The van der Waals surface area contributed by atoms with E-state index in [4.69, 9.17) is 0 Å². The molecule has 3 rings (SSSR count). The van der Waals surface area contributed by atoms with Crippen LogP contribution >= 0.6 is 0 Å². The van der Waals surface area contributed by atoms with E-state index < -0.39 is 16.1 Å². The molecular weight excluding hydrogens is 386 g/mol. The van der Waals surface area contributed by atoms with E-state index >= 15 is 0 Å². The Kier molecular flexibility index (Phi) is 6.19. The number of para-hydroxylation sites is 2. The molecule has 0 aliphatic rings. The molecule has 0 heterocycles. The molecule has 0 unspecified atom stereocenters. The molecule has 0 radical (unpaired) electrons. The molecule has 2 N–H and O–H groups in total. The Morgan fingerprint density at radius 1 is 0.862 bits per heavy atom. The van der Waals surface area contributed by atoms with Gasteiger partial charge in [-0.25, -0.2) is 8.42 Å². The Morgan fingerprint density at radius 2 is 1.45 bits per heavy atom. The number of nitrogens with one attached hydrogen (secondary N) is 2. The van der Waals surface area contributed by atoms with Crippen LogP contribution in [0.3, 0.4) is 0 Å². The van der Waals surface area contributed by atoms with Crippen molar-refractivity contribution in [3.8, 4) is 0 Å². The standard InChI is InChI=1S/C22H23N3O3S/c1-17(22(26)24-18-10-5-3-6-11-18)23-19-12-9-15-21(16-19)29(27,28)25(2)20-13-7-4-8-14-20/h3-17,23H,1-2H3,(H,24,26)/t17-/m1/s1. The largest absolute Gasteiger partial charge is 0.374 e. The van der Waals surface area contributed by atoms with Crippen molar-refractivity contribution >= 4 is 33.0 Å². The normalized spacial score (nSPS) is 12.1. The van der Waals surface area contributed by atoms with Crippen LogP contribution in [0.2, 0.25) is 0 Å². The minimum Gasteiger partial charge on any atom is -0.374 e. The van der Waals surface area contributed by atoms with Crippen LogP contribution in [-0.4, -0.2) is 27.4 Å². The summed E-state index contributed by atoms with van der Waals surface area (Å²) in [6.07, 6.45) is 0. The van der Waals surface area contributed by atoms with Gasteiger partial charge in [0.15, 0.2) is 0 Å². The molecule has 0 aromatic heterocycles. The predicted octanol–water partition coefficient (Wildman–Crippen LogP) is 3.95. The van der Waals surface area contributed by atoms with E-state index in [0.29, 0.717) is 17.1 Å². The highest BCUT2D eigenvalue weighted by Gasteiger charge is 2.22. The van der Waals surface area contributed by atoms with Gasteiger partial charge in [-0.2, -0.15) is 0 Å². The molecule has 0 aliphatic carbocycles. The fourth-order valence-corrected chi connectivity index (χ4v) is 4.01. The third-order valence-corrected chi connectivity index (χ3v) is 6.21. The van der Waals surface area contributed by atoms with Gasteiger partial charge in [-0.05, 0) is 49.4 Å². The van der Waals surface area contributed by atoms with Crippen LogP contribution in [-0.2, 0) is 14.8 Å². The first-order valence-electron chi connectivity index (χ1n) is 9.14. The molecule has 29 heavy (non-hydrogen) atoms. The predicted molar refractivity (Wildman–Crippen MR) is 117 cm³/mol. The minimum absolute atomic E-state index is 0.143. The zero-order chi connectivity index (χ0) is 20.9. The maximum Gasteiger partial charge on any atom is 0.264 e. The Morgan fingerprint density at radius 3 is 2.10 bits per heavy atom. The number of carbonyl (C=O) groups is 1. The lowest BCUT2D eigenvalue weighted by Crippen LogP contribution is -2.32. The Bertz CT molecular complexity index is 1070. The zero-order valence-electron chi connectivity index (χ0n) is 16.2. The summed E-state index contributed by atoms with van der Waals surface area (Å²) in [6, 6.07) is 23.9. The Hall–Kier alpha value is -3.32. The van der Waals surface area contributed by atoms with Gasteiger partial charge in [0.25, 0.3) is 10.0 Å². The van der Waals surface area contributed by atoms with E-state index in [2.05, 4.69) is 10.6 Å². The van der Waals surface area contributed by atoms with E-state index in [1.165, 1.54) is 23.5 Å². The highest BCUT2D eigenvalue weighted by molar-refractivity contribution is 7.92. The molecule has 0 fully saturated rings. The van der Waals surface area contributed by atoms with Gasteiger partial charge in [-0.1, -0.05) is 42.5 Å². The van der Waals surface area contributed by atoms with Gasteiger partial charge in [0.2, 0.25) is 5.91 Å². The molecule has 0 saturated carbocycles. The first-order valence-corrected chi connectivity index (χ1v) is 10.6. The molecule has 7 heteroatoms. The molecular formula is C22H23N3O3S. The van der Waals surface area contributed by atoms with Crippen molar-refractivity contribution < 1.29 is 13.2 Å². The third-order valence-electron chi connectivity index (χ3n) is 4.43. The molecule has 6 nitrogen and oxygen atoms in total. The van der Waals surface area contributed by atoms with Crippen LogP contribution < -0.4 is 14.9 Å². The zero-order valence-corrected chi connectivity index (χ0v) is 17.1. The molecule has 150 valence electrons. The number of sulfonamides is 1. The van der Waals surface area contributed by atoms with Crippen LogP contribution in [0.15, 0.2) is 89.8 Å². The average molecular weight is 410 g/mol. The van der Waals surface area contributed by atoms with Gasteiger partial charge >= 0.3 is 0 Å². The molecule has 1 atom stereocenters. The summed E-state index contributed by atoms with van der Waals surface area (Å²) in [6.45, 7) is 1.72. The van der Waals surface area contributed by atoms with Crippen LogP contribution in [0.1, 0.15) is 6.92 Å². The highest BCUT2D eigenvalue weighted by Crippen LogP contribution is 2.24. The van der Waals surface area contributed by atoms with Crippen molar-refractivity contribution in [2.75, 3.05) is 22.0 Å². The Labute approximate surface area is 171 Å². The number of hydrogen-bond donors (Lipinski definition) is 2. The lowest BCUT2D eigenvalue weighted by molar-refractivity contribution is -0.116. The van der Waals surface area contributed by atoms with Gasteiger partial charge in [0.05, 0.1) is 10.6 Å². The van der Waals surface area contributed by atoms with Crippen molar-refractivity contribution in [3.63, 3.8) is 0 Å². The van der Waals surface area contributed by atoms with Crippen molar-refractivity contribution in [1.29, 1.82) is 0 Å². The van der Waals surface area contributed by atoms with Gasteiger partial charge in [0, 0.05) is 18.4 Å². The highest BCUT2D eigenvalue weighted by atomic mass is 32.2. The van der Waals surface area contributed by atoms with Crippen molar-refractivity contribution in [2.24, 2.45) is 0 Å². The van der Waals surface area contributed by atoms with Crippen molar-refractivity contribution in [3.05, 3.63) is 84.9 Å². The van der Waals surface area contributed by atoms with E-state index in [1.54, 1.807) is 55.5 Å². The topological polar surface area (TPSA) is 78.5 Å². The van der Waals surface area contributed by atoms with Crippen LogP contribution in [0.25, 0.3) is 0 Å². The van der Waals surface area contributed by atoms with Gasteiger partial charge in [0.1, 0.15) is 6.04 Å². The summed E-state index contributed by atoms with van der Waals surface area (Å²) < 4.78 is 27.2. The molecule has 0 bridgehead atoms. The molecule has 3 aromatic rings. The number of nitrogens with zero attached hydrogens (tertiary/aromatic N) is 1. The average Bonchev–Trinajstić information content (AvgIpc) is 2.74. The molecule has 3 aromatic carbocycles. The maximum absolute atomic E-state index is 13.0. The van der Waals surface area contributed by atoms with E-state index in [-0.39, 0.29) is 10.8 Å². The van der Waals surface area contributed by atoms with E-state index in [1.807, 2.05) is 24.3 Å². The molecule has 0 saturated heterocycles. The number of amides is 1. The van der Waals surface area contributed by atoms with Crippen LogP contribution in [0.4, 0.5) is 17.1 Å². The SMILES string of the molecule is C[C@@H](Nc1cccc(S(=O)(=O)N(C)c2ccccc2)c1)C(=O)Nc1ccccc1. The summed E-state index contributed by atoms with van der Waals surface area (Å²) >= 11 is 0. The Balaban J connectivity index is 1.74. The smallest absolute Gasteiger partial charge is 0.264 e. The third kappa shape index (κ3) is 4.94. The van der Waals surface area contributed by atoms with Crippen molar-refractivity contribution in [1.82, 2.24) is 0 Å². The number of hydrogen-bond acceptors (Lipinski definition) is 4. The fourth-order valence-electron chi connectivity index (χ4n) is 2.77. The lowest BCUT2D eigenvalue weighted by Gasteiger charge is -2.20. The molecule has 1 amide bonds. The summed E-state index contributed by atoms with van der Waals surface area (Å²) in [4.78, 5) is 12.5. The van der Waals surface area contributed by atoms with Crippen LogP contribution in [0, 0.1) is 0 Å². The second-order valence-corrected chi connectivity index (χ2v) is 8.53. The second kappa shape index (κ2) is 8.79. The summed E-state index contributed by atoms with van der Waals surface area (Å²) in [7, 11) is -2.21. The van der Waals surface area contributed by atoms with E-state index in [0.717, 1.165) is 0 Å². The minimum atomic E-state index is -3.73. The van der Waals surface area contributed by atoms with Crippen molar-refractivity contribution in [2.45, 2.75) is 17.9 Å². The summed E-state index contributed by atoms with van der Waals surface area (Å²) in [5.41, 5.74) is 1.82. The summed E-state index contributed by atoms with van der Waals surface area (Å²) in [5.74, 6) is -0.217. The first kappa shape index (κ1) is 20.4. The van der Waals surface area contributed by atoms with Gasteiger partial charge in [-0.3, -0.25) is 9.10 Å². The molecule has 0 spiro atoms. The quantitative estimate of drug-likeness (QED) is 0.619. The maximum atomic E-state index is 13.0. The lowest BCUT2D eigenvalue weighted by atomic mass is 10.2. The monoisotopic (exact) mass is 409 g/mol. The second-order valence-electron chi connectivity index (χ2n) is 6.56. The number of carbonyl (C=O) groups excluding carboxylic acids is 1. The fraction of sp³-hybridized carbons (Fsp3) is 0.136. The number of rotatable bonds is 7. The molecule has 0 aliphatic heterocycles. The van der Waals surface area contributed by atoms with E-state index in [9.17, 15) is 13.2 Å². The number of anilines is 3. The summed E-state index contributed by atoms with van der Waals surface area (Å²) in [5, 5.41) is 5.88. The number of benzene rings is 3. The van der Waals surface area contributed by atoms with Gasteiger partial charge in [-0.15, -0.1) is 0 Å². The van der Waals surface area contributed by atoms with Crippen LogP contribution in [0.5, 0.6) is 0 Å².